The quantitative estimate of drug-likeness (QED) is 0.743. The molecule has 6 heteroatoms. The predicted octanol–water partition coefficient (Wildman–Crippen LogP) is 1.87. The molecule has 0 bridgehead atoms. The van der Waals surface area contributed by atoms with Crippen LogP contribution in [-0.4, -0.2) is 33.1 Å². The highest BCUT2D eigenvalue weighted by molar-refractivity contribution is 7.91. The molecular weight excluding hydrogens is 274 g/mol. The maximum absolute atomic E-state index is 11.4. The van der Waals surface area contributed by atoms with Gasteiger partial charge in [-0.3, -0.25) is 0 Å². The van der Waals surface area contributed by atoms with E-state index >= 15 is 0 Å². The van der Waals surface area contributed by atoms with Gasteiger partial charge in [0.2, 0.25) is 0 Å². The van der Waals surface area contributed by atoms with E-state index in [0.717, 1.165) is 5.75 Å². The van der Waals surface area contributed by atoms with Crippen molar-refractivity contribution in [3.05, 3.63) is 29.3 Å². The van der Waals surface area contributed by atoms with E-state index in [4.69, 9.17) is 22.1 Å². The molecule has 0 atom stereocenters. The summed E-state index contributed by atoms with van der Waals surface area (Å²) in [6.07, 6.45) is 1.29. The Bertz CT molecular complexity index is 445. The summed E-state index contributed by atoms with van der Waals surface area (Å²) in [5.41, 5.74) is 5.22. The summed E-state index contributed by atoms with van der Waals surface area (Å²) in [6, 6.07) is 7.08. The molecule has 2 N–H and O–H groups in total. The zero-order valence-corrected chi connectivity index (χ0v) is 11.7. The third kappa shape index (κ3) is 6.23. The highest BCUT2D eigenvalue weighted by atomic mass is 35.5. The first kappa shape index (κ1) is 15.3. The monoisotopic (exact) mass is 291 g/mol. The lowest BCUT2D eigenvalue weighted by atomic mass is 10.3. The second kappa shape index (κ2) is 7.61. The molecule has 18 heavy (non-hydrogen) atoms. The average molecular weight is 292 g/mol. The van der Waals surface area contributed by atoms with Crippen molar-refractivity contribution in [2.24, 2.45) is 5.73 Å². The first-order chi connectivity index (χ1) is 8.53. The van der Waals surface area contributed by atoms with Crippen molar-refractivity contribution in [2.45, 2.75) is 12.8 Å². The van der Waals surface area contributed by atoms with Crippen molar-refractivity contribution in [1.29, 1.82) is 0 Å². The van der Waals surface area contributed by atoms with Crippen LogP contribution in [-0.2, 0) is 9.84 Å². The summed E-state index contributed by atoms with van der Waals surface area (Å²) in [6.45, 7) is 0.684. The fourth-order valence-electron chi connectivity index (χ4n) is 1.43. The van der Waals surface area contributed by atoms with Crippen LogP contribution in [0.25, 0.3) is 0 Å². The van der Waals surface area contributed by atoms with Gasteiger partial charge < -0.3 is 10.5 Å². The Morgan fingerprint density at radius 2 is 1.78 bits per heavy atom. The number of rotatable bonds is 8. The molecule has 0 saturated heterocycles. The Morgan fingerprint density at radius 3 is 2.39 bits per heavy atom. The summed E-state index contributed by atoms with van der Waals surface area (Å²) < 4.78 is 28.2. The fourth-order valence-corrected chi connectivity index (χ4v) is 2.76. The SMILES string of the molecule is NCCS(=O)(=O)CCCCOc1ccc(Cl)cc1. The number of ether oxygens (including phenoxy) is 1. The first-order valence-electron chi connectivity index (χ1n) is 5.82. The number of benzene rings is 1. The average Bonchev–Trinajstić information content (AvgIpc) is 2.31. The van der Waals surface area contributed by atoms with E-state index in [1.807, 2.05) is 0 Å². The molecule has 0 saturated carbocycles. The number of halogens is 1. The van der Waals surface area contributed by atoms with E-state index in [0.29, 0.717) is 24.5 Å². The molecule has 0 aliphatic carbocycles. The lowest BCUT2D eigenvalue weighted by Crippen LogP contribution is -2.18. The maximum atomic E-state index is 11.4. The molecule has 0 spiro atoms. The Labute approximate surface area is 113 Å². The standard InChI is InChI=1S/C12H18ClNO3S/c13-11-3-5-12(6-4-11)17-8-1-2-9-18(15,16)10-7-14/h3-6H,1-2,7-10,14H2. The van der Waals surface area contributed by atoms with Crippen molar-refractivity contribution >= 4 is 21.4 Å². The number of unbranched alkanes of at least 4 members (excludes halogenated alkanes) is 1. The van der Waals surface area contributed by atoms with Crippen LogP contribution in [0.4, 0.5) is 0 Å². The summed E-state index contributed by atoms with van der Waals surface area (Å²) in [7, 11) is -2.98. The zero-order valence-electron chi connectivity index (χ0n) is 10.1. The van der Waals surface area contributed by atoms with Gasteiger partial charge in [-0.2, -0.15) is 0 Å². The summed E-state index contributed by atoms with van der Waals surface area (Å²) >= 11 is 5.74. The normalized spacial score (nSPS) is 11.4. The molecule has 4 nitrogen and oxygen atoms in total. The van der Waals surface area contributed by atoms with Gasteiger partial charge in [-0.15, -0.1) is 0 Å². The fraction of sp³-hybridized carbons (Fsp3) is 0.500. The molecule has 0 aromatic heterocycles. The van der Waals surface area contributed by atoms with E-state index in [-0.39, 0.29) is 18.1 Å². The van der Waals surface area contributed by atoms with Gasteiger partial charge in [0.15, 0.2) is 9.84 Å². The van der Waals surface area contributed by atoms with E-state index in [2.05, 4.69) is 0 Å². The van der Waals surface area contributed by atoms with Crippen LogP contribution in [0, 0.1) is 0 Å². The van der Waals surface area contributed by atoms with Crippen molar-refractivity contribution in [3.8, 4) is 5.75 Å². The number of hydrogen-bond donors (Lipinski definition) is 1. The van der Waals surface area contributed by atoms with Gasteiger partial charge in [-0.1, -0.05) is 11.6 Å². The maximum Gasteiger partial charge on any atom is 0.151 e. The third-order valence-electron chi connectivity index (χ3n) is 2.36. The Balaban J connectivity index is 2.18. The van der Waals surface area contributed by atoms with Crippen molar-refractivity contribution in [1.82, 2.24) is 0 Å². The van der Waals surface area contributed by atoms with Crippen LogP contribution in [0.1, 0.15) is 12.8 Å². The van der Waals surface area contributed by atoms with Crippen molar-refractivity contribution < 1.29 is 13.2 Å². The largest absolute Gasteiger partial charge is 0.494 e. The molecular formula is C12H18ClNO3S. The van der Waals surface area contributed by atoms with Crippen LogP contribution >= 0.6 is 11.6 Å². The molecule has 0 fully saturated rings. The number of sulfone groups is 1. The summed E-state index contributed by atoms with van der Waals surface area (Å²) in [5.74, 6) is 0.975. The molecule has 1 aromatic rings. The Morgan fingerprint density at radius 1 is 1.11 bits per heavy atom. The van der Waals surface area contributed by atoms with Gasteiger partial charge >= 0.3 is 0 Å². The molecule has 1 aromatic carbocycles. The topological polar surface area (TPSA) is 69.4 Å². The van der Waals surface area contributed by atoms with E-state index < -0.39 is 9.84 Å². The van der Waals surface area contributed by atoms with Gasteiger partial charge in [0, 0.05) is 11.6 Å². The molecule has 0 unspecified atom stereocenters. The highest BCUT2D eigenvalue weighted by Gasteiger charge is 2.08. The molecule has 102 valence electrons. The first-order valence-corrected chi connectivity index (χ1v) is 8.02. The van der Waals surface area contributed by atoms with E-state index in [1.165, 1.54) is 0 Å². The zero-order chi connectivity index (χ0) is 13.4. The lowest BCUT2D eigenvalue weighted by Gasteiger charge is -2.06. The predicted molar refractivity (Wildman–Crippen MR) is 73.9 cm³/mol. The lowest BCUT2D eigenvalue weighted by molar-refractivity contribution is 0.309. The molecule has 0 amide bonds. The number of hydrogen-bond acceptors (Lipinski definition) is 4. The van der Waals surface area contributed by atoms with Crippen LogP contribution in [0.2, 0.25) is 5.02 Å². The molecule has 1 rings (SSSR count). The van der Waals surface area contributed by atoms with E-state index in [1.54, 1.807) is 24.3 Å². The Kier molecular flexibility index (Phi) is 6.46. The highest BCUT2D eigenvalue weighted by Crippen LogP contribution is 2.15. The van der Waals surface area contributed by atoms with Gasteiger partial charge in [-0.05, 0) is 37.1 Å². The smallest absolute Gasteiger partial charge is 0.151 e. The van der Waals surface area contributed by atoms with Gasteiger partial charge in [-0.25, -0.2) is 8.42 Å². The number of nitrogens with two attached hydrogens (primary N) is 1. The van der Waals surface area contributed by atoms with Crippen LogP contribution in [0.3, 0.4) is 0 Å². The van der Waals surface area contributed by atoms with E-state index in [9.17, 15) is 8.42 Å². The van der Waals surface area contributed by atoms with Crippen LogP contribution in [0.15, 0.2) is 24.3 Å². The molecule has 0 radical (unpaired) electrons. The minimum atomic E-state index is -2.98. The minimum absolute atomic E-state index is 0.0606. The van der Waals surface area contributed by atoms with Crippen LogP contribution < -0.4 is 10.5 Å². The second-order valence-corrected chi connectivity index (χ2v) is 6.69. The third-order valence-corrected chi connectivity index (χ3v) is 4.38. The molecule has 0 aliphatic rings. The van der Waals surface area contributed by atoms with Crippen molar-refractivity contribution in [2.75, 3.05) is 24.7 Å². The van der Waals surface area contributed by atoms with Gasteiger partial charge in [0.25, 0.3) is 0 Å². The van der Waals surface area contributed by atoms with Crippen molar-refractivity contribution in [3.63, 3.8) is 0 Å². The Hall–Kier alpha value is -0.780. The molecule has 0 aliphatic heterocycles. The summed E-state index contributed by atoms with van der Waals surface area (Å²) in [4.78, 5) is 0. The second-order valence-electron chi connectivity index (χ2n) is 3.95. The van der Waals surface area contributed by atoms with Gasteiger partial charge in [0.1, 0.15) is 5.75 Å². The van der Waals surface area contributed by atoms with Crippen LogP contribution in [0.5, 0.6) is 5.75 Å². The molecule has 0 heterocycles. The van der Waals surface area contributed by atoms with Gasteiger partial charge in [0.05, 0.1) is 18.1 Å². The minimum Gasteiger partial charge on any atom is -0.494 e. The summed E-state index contributed by atoms with van der Waals surface area (Å²) in [5, 5.41) is 0.662.